The fraction of sp³-hybridized carbons (Fsp3) is 0.136. The molecular formula is C22H16F4N4O2. The van der Waals surface area contributed by atoms with Crippen molar-refractivity contribution in [3.63, 3.8) is 0 Å². The van der Waals surface area contributed by atoms with Crippen LogP contribution < -0.4 is 10.5 Å². The Morgan fingerprint density at radius 2 is 1.72 bits per heavy atom. The van der Waals surface area contributed by atoms with Crippen LogP contribution in [0.3, 0.4) is 0 Å². The normalized spacial score (nSPS) is 18.2. The van der Waals surface area contributed by atoms with Crippen molar-refractivity contribution >= 4 is 11.9 Å². The van der Waals surface area contributed by atoms with Gasteiger partial charge in [0.1, 0.15) is 11.6 Å². The van der Waals surface area contributed by atoms with Gasteiger partial charge in [0.15, 0.2) is 11.5 Å². The second kappa shape index (κ2) is 7.95. The third kappa shape index (κ3) is 3.43. The van der Waals surface area contributed by atoms with Crippen LogP contribution in [0.5, 0.6) is 5.75 Å². The van der Waals surface area contributed by atoms with Crippen molar-refractivity contribution in [2.24, 2.45) is 10.7 Å². The number of pyridine rings is 1. The van der Waals surface area contributed by atoms with Crippen molar-refractivity contribution in [2.75, 3.05) is 7.05 Å². The molecule has 1 atom stereocenters. The van der Waals surface area contributed by atoms with E-state index < -0.39 is 29.8 Å². The molecule has 0 saturated heterocycles. The summed E-state index contributed by atoms with van der Waals surface area (Å²) in [7, 11) is 1.42. The van der Waals surface area contributed by atoms with Crippen LogP contribution in [-0.2, 0) is 10.3 Å². The number of hydrogen-bond donors (Lipinski definition) is 1. The van der Waals surface area contributed by atoms with E-state index >= 15 is 0 Å². The van der Waals surface area contributed by atoms with Gasteiger partial charge in [-0.2, -0.15) is 13.2 Å². The minimum absolute atomic E-state index is 0.0960. The van der Waals surface area contributed by atoms with Gasteiger partial charge in [-0.3, -0.25) is 9.69 Å². The van der Waals surface area contributed by atoms with Crippen LogP contribution in [0, 0.1) is 11.8 Å². The summed E-state index contributed by atoms with van der Waals surface area (Å²) >= 11 is 0. The number of nitrogens with zero attached hydrogens (tertiary/aromatic N) is 3. The molecule has 0 radical (unpaired) electrons. The molecule has 1 aliphatic heterocycles. The van der Waals surface area contributed by atoms with Crippen LogP contribution in [0.1, 0.15) is 11.1 Å². The topological polar surface area (TPSA) is 80.8 Å². The van der Waals surface area contributed by atoms with E-state index in [2.05, 4.69) is 14.7 Å². The number of rotatable bonds is 5. The van der Waals surface area contributed by atoms with Gasteiger partial charge in [0.05, 0.1) is 0 Å². The van der Waals surface area contributed by atoms with E-state index in [0.29, 0.717) is 0 Å². The lowest BCUT2D eigenvalue weighted by atomic mass is 9.81. The molecule has 3 aromatic rings. The lowest BCUT2D eigenvalue weighted by molar-refractivity contribution is -0.129. The van der Waals surface area contributed by atoms with Crippen molar-refractivity contribution in [2.45, 2.75) is 12.2 Å². The molecule has 10 heteroatoms. The Morgan fingerprint density at radius 1 is 1.03 bits per heavy atom. The molecular weight excluding hydrogens is 428 g/mol. The molecule has 2 aromatic carbocycles. The van der Waals surface area contributed by atoms with Crippen LogP contribution in [0.4, 0.5) is 17.6 Å². The number of alkyl halides is 2. The van der Waals surface area contributed by atoms with Gasteiger partial charge in [-0.25, -0.2) is 14.4 Å². The number of guanidine groups is 1. The summed E-state index contributed by atoms with van der Waals surface area (Å²) < 4.78 is 58.3. The largest absolute Gasteiger partial charge is 0.435 e. The molecule has 0 saturated carbocycles. The van der Waals surface area contributed by atoms with Gasteiger partial charge >= 0.3 is 6.61 Å². The highest BCUT2D eigenvalue weighted by Crippen LogP contribution is 2.41. The quantitative estimate of drug-likeness (QED) is 0.481. The number of halogens is 4. The van der Waals surface area contributed by atoms with Gasteiger partial charge in [0, 0.05) is 24.4 Å². The van der Waals surface area contributed by atoms with E-state index in [-0.39, 0.29) is 34.0 Å². The third-order valence-corrected chi connectivity index (χ3v) is 5.17. The highest BCUT2D eigenvalue weighted by molar-refractivity contribution is 6.09. The highest BCUT2D eigenvalue weighted by atomic mass is 19.3. The predicted octanol–water partition coefficient (Wildman–Crippen LogP) is 3.66. The van der Waals surface area contributed by atoms with Crippen molar-refractivity contribution in [1.82, 2.24) is 9.88 Å². The van der Waals surface area contributed by atoms with Crippen LogP contribution in [0.15, 0.2) is 65.8 Å². The fourth-order valence-electron chi connectivity index (χ4n) is 3.61. The summed E-state index contributed by atoms with van der Waals surface area (Å²) in [4.78, 5) is 22.3. The molecule has 4 rings (SSSR count). The highest BCUT2D eigenvalue weighted by Gasteiger charge is 2.49. The van der Waals surface area contributed by atoms with Crippen molar-refractivity contribution < 1.29 is 27.1 Å². The van der Waals surface area contributed by atoms with E-state index in [1.165, 1.54) is 61.8 Å². The minimum Gasteiger partial charge on any atom is -0.435 e. The number of aromatic nitrogens is 1. The first-order valence-corrected chi connectivity index (χ1v) is 9.34. The molecule has 0 unspecified atom stereocenters. The van der Waals surface area contributed by atoms with Gasteiger partial charge in [0.2, 0.25) is 5.95 Å². The molecule has 0 spiro atoms. The van der Waals surface area contributed by atoms with E-state index in [1.54, 1.807) is 0 Å². The predicted molar refractivity (Wildman–Crippen MR) is 108 cm³/mol. The Morgan fingerprint density at radius 3 is 2.31 bits per heavy atom. The summed E-state index contributed by atoms with van der Waals surface area (Å²) in [6, 6.07) is 11.8. The number of benzene rings is 2. The first-order chi connectivity index (χ1) is 15.2. The molecule has 1 amide bonds. The zero-order valence-electron chi connectivity index (χ0n) is 16.6. The fourth-order valence-corrected chi connectivity index (χ4v) is 3.61. The van der Waals surface area contributed by atoms with E-state index in [1.807, 2.05) is 0 Å². The molecule has 2 heterocycles. The van der Waals surface area contributed by atoms with E-state index in [4.69, 9.17) is 5.73 Å². The molecule has 1 aliphatic rings. The van der Waals surface area contributed by atoms with Gasteiger partial charge < -0.3 is 10.5 Å². The average molecular weight is 444 g/mol. The lowest BCUT2D eigenvalue weighted by Gasteiger charge is -2.27. The molecule has 1 aromatic heterocycles. The van der Waals surface area contributed by atoms with Crippen LogP contribution in [-0.4, -0.2) is 35.4 Å². The molecule has 164 valence electrons. The number of likely N-dealkylation sites (N-methyl/N-ethyl adjacent to an activating group) is 1. The molecule has 0 bridgehead atoms. The second-order valence-corrected chi connectivity index (χ2v) is 6.98. The summed E-state index contributed by atoms with van der Waals surface area (Å²) in [6.07, 6.45) is 1.23. The Hall–Kier alpha value is -3.95. The van der Waals surface area contributed by atoms with Gasteiger partial charge in [-0.1, -0.05) is 18.2 Å². The Balaban J connectivity index is 1.91. The third-order valence-electron chi connectivity index (χ3n) is 5.17. The van der Waals surface area contributed by atoms with E-state index in [0.717, 1.165) is 11.0 Å². The number of amides is 1. The van der Waals surface area contributed by atoms with Crippen LogP contribution >= 0.6 is 0 Å². The van der Waals surface area contributed by atoms with Crippen molar-refractivity contribution in [1.29, 1.82) is 0 Å². The monoisotopic (exact) mass is 444 g/mol. The Bertz CT molecular complexity index is 1220. The summed E-state index contributed by atoms with van der Waals surface area (Å²) in [5.41, 5.74) is 4.43. The van der Waals surface area contributed by atoms with Crippen molar-refractivity contribution in [3.05, 3.63) is 83.7 Å². The van der Waals surface area contributed by atoms with Crippen molar-refractivity contribution in [3.8, 4) is 16.9 Å². The molecule has 0 fully saturated rings. The number of carbonyl (C=O) groups excluding carboxylic acids is 1. The average Bonchev–Trinajstić information content (AvgIpc) is 2.99. The molecule has 32 heavy (non-hydrogen) atoms. The van der Waals surface area contributed by atoms with Crippen LogP contribution in [0.2, 0.25) is 0 Å². The molecule has 0 aliphatic carbocycles. The Kier molecular flexibility index (Phi) is 5.29. The number of aliphatic imine (C=N–C) groups is 1. The van der Waals surface area contributed by atoms with Crippen LogP contribution in [0.25, 0.3) is 11.1 Å². The first-order valence-electron chi connectivity index (χ1n) is 9.34. The maximum absolute atomic E-state index is 14.6. The number of carbonyl (C=O) groups is 1. The molecule has 2 N–H and O–H groups in total. The number of nitrogens with two attached hydrogens (primary N) is 1. The zero-order chi connectivity index (χ0) is 23.0. The number of hydrogen-bond acceptors (Lipinski definition) is 5. The zero-order valence-corrected chi connectivity index (χ0v) is 16.6. The second-order valence-electron chi connectivity index (χ2n) is 6.98. The summed E-state index contributed by atoms with van der Waals surface area (Å²) in [6.45, 7) is -3.02. The van der Waals surface area contributed by atoms with Gasteiger partial charge in [0.25, 0.3) is 5.91 Å². The maximum atomic E-state index is 14.6. The Labute approximate surface area is 180 Å². The summed E-state index contributed by atoms with van der Waals surface area (Å²) in [5.74, 6) is -2.38. The lowest BCUT2D eigenvalue weighted by Crippen LogP contribution is -2.41. The standard InChI is InChI=1S/C22H16F4N4O2/c1-30-19(31)22(29-21(30)27,12-4-7-14(8-5-12)32-20(25)26)13-6-9-17(23)16(11-13)15-3-2-10-28-18(15)24/h2-11,20H,1H3,(H2,27,29)/t22-/m0/s1. The van der Waals surface area contributed by atoms with Gasteiger partial charge in [-0.05, 0) is 47.5 Å². The first kappa shape index (κ1) is 21.3. The smallest absolute Gasteiger partial charge is 0.387 e. The minimum atomic E-state index is -3.02. The van der Waals surface area contributed by atoms with Gasteiger partial charge in [-0.15, -0.1) is 0 Å². The maximum Gasteiger partial charge on any atom is 0.387 e. The number of ether oxygens (including phenoxy) is 1. The van der Waals surface area contributed by atoms with E-state index in [9.17, 15) is 22.4 Å². The molecule has 6 nitrogen and oxygen atoms in total. The SMILES string of the molecule is CN1C(=O)[C@](c2ccc(OC(F)F)cc2)(c2ccc(F)c(-c3cccnc3F)c2)N=C1N. The summed E-state index contributed by atoms with van der Waals surface area (Å²) in [5, 5.41) is 0.